The van der Waals surface area contributed by atoms with Crippen LogP contribution in [-0.4, -0.2) is 47.0 Å². The first-order chi connectivity index (χ1) is 8.82. The molecule has 0 spiro atoms. The van der Waals surface area contributed by atoms with Gasteiger partial charge in [-0.15, -0.1) is 0 Å². The van der Waals surface area contributed by atoms with Crippen LogP contribution in [0.25, 0.3) is 0 Å². The number of nitrogen functional groups attached to an aromatic ring is 1. The Morgan fingerprint density at radius 1 is 1.42 bits per heavy atom. The fourth-order valence-corrected chi connectivity index (χ4v) is 4.09. The Hall–Kier alpha value is -1.64. The average molecular weight is 287 g/mol. The maximum Gasteiger partial charge on any atom is 0.323 e. The van der Waals surface area contributed by atoms with E-state index in [-0.39, 0.29) is 29.4 Å². The molecule has 1 fully saturated rings. The first-order valence-electron chi connectivity index (χ1n) is 5.95. The first-order valence-corrected chi connectivity index (χ1v) is 7.77. The lowest BCUT2D eigenvalue weighted by atomic mass is 10.0. The number of anilines is 2. The molecule has 2 heterocycles. The highest BCUT2D eigenvalue weighted by atomic mass is 32.2. The van der Waals surface area contributed by atoms with Gasteiger partial charge >= 0.3 is 6.01 Å². The number of ether oxygens (including phenoxy) is 1. The molecular formula is C10H17N5O3S. The summed E-state index contributed by atoms with van der Waals surface area (Å²) in [4.78, 5) is 11.8. The number of nitrogens with zero attached hydrogens (tertiary/aromatic N) is 3. The van der Waals surface area contributed by atoms with Crippen molar-refractivity contribution in [2.75, 3.05) is 29.2 Å². The van der Waals surface area contributed by atoms with E-state index in [9.17, 15) is 8.42 Å². The van der Waals surface area contributed by atoms with Crippen LogP contribution in [-0.2, 0) is 9.84 Å². The maximum absolute atomic E-state index is 11.5. The Kier molecular flexibility index (Phi) is 3.48. The van der Waals surface area contributed by atoms with Gasteiger partial charge in [0.15, 0.2) is 9.84 Å². The van der Waals surface area contributed by atoms with Gasteiger partial charge in [0.1, 0.15) is 0 Å². The van der Waals surface area contributed by atoms with Crippen LogP contribution in [0.2, 0.25) is 0 Å². The Bertz CT molecular complexity index is 577. The van der Waals surface area contributed by atoms with Crippen molar-refractivity contribution >= 4 is 21.7 Å². The molecule has 0 amide bonds. The van der Waals surface area contributed by atoms with Crippen LogP contribution in [0.15, 0.2) is 0 Å². The third kappa shape index (κ3) is 3.43. The predicted molar refractivity (Wildman–Crippen MR) is 70.7 cm³/mol. The molecule has 1 aliphatic heterocycles. The van der Waals surface area contributed by atoms with Crippen molar-refractivity contribution in [3.8, 4) is 6.01 Å². The molecule has 106 valence electrons. The Morgan fingerprint density at radius 2 is 2.16 bits per heavy atom. The molecule has 1 aliphatic rings. The number of hydrogen-bond acceptors (Lipinski definition) is 8. The van der Waals surface area contributed by atoms with Gasteiger partial charge in [0.05, 0.1) is 23.7 Å². The second-order valence-electron chi connectivity index (χ2n) is 4.76. The molecule has 1 unspecified atom stereocenters. The standard InChI is InChI=1S/C10H17N5O3S/c1-3-18-9-13-7(11)12-8(14-9)15-10(2)4-5-19(16,17)6-10/h3-6H2,1-2H3,(H3,11,12,13,14,15). The van der Waals surface area contributed by atoms with Crippen molar-refractivity contribution < 1.29 is 13.2 Å². The van der Waals surface area contributed by atoms with E-state index < -0.39 is 15.4 Å². The summed E-state index contributed by atoms with van der Waals surface area (Å²) in [7, 11) is -3.00. The molecule has 0 aromatic carbocycles. The quantitative estimate of drug-likeness (QED) is 0.784. The van der Waals surface area contributed by atoms with E-state index in [0.29, 0.717) is 13.0 Å². The normalized spacial score (nSPS) is 25.2. The van der Waals surface area contributed by atoms with Gasteiger partial charge in [-0.2, -0.15) is 15.0 Å². The van der Waals surface area contributed by atoms with E-state index in [1.54, 1.807) is 6.92 Å². The number of aromatic nitrogens is 3. The summed E-state index contributed by atoms with van der Waals surface area (Å²) in [6, 6.07) is 0.127. The van der Waals surface area contributed by atoms with Gasteiger partial charge in [0, 0.05) is 0 Å². The van der Waals surface area contributed by atoms with Gasteiger partial charge in [-0.25, -0.2) is 8.42 Å². The lowest BCUT2D eigenvalue weighted by molar-refractivity contribution is 0.312. The van der Waals surface area contributed by atoms with Crippen LogP contribution in [0.1, 0.15) is 20.3 Å². The molecule has 2 rings (SSSR count). The van der Waals surface area contributed by atoms with Gasteiger partial charge in [0.2, 0.25) is 11.9 Å². The van der Waals surface area contributed by atoms with Crippen molar-refractivity contribution in [2.45, 2.75) is 25.8 Å². The summed E-state index contributed by atoms with van der Waals surface area (Å²) in [5.74, 6) is 0.478. The third-order valence-corrected chi connectivity index (χ3v) is 4.73. The van der Waals surface area contributed by atoms with Gasteiger partial charge in [-0.05, 0) is 20.3 Å². The van der Waals surface area contributed by atoms with Crippen molar-refractivity contribution in [1.82, 2.24) is 15.0 Å². The van der Waals surface area contributed by atoms with E-state index >= 15 is 0 Å². The number of nitrogens with two attached hydrogens (primary N) is 1. The summed E-state index contributed by atoms with van der Waals surface area (Å²) in [5.41, 5.74) is 4.97. The molecule has 19 heavy (non-hydrogen) atoms. The zero-order valence-electron chi connectivity index (χ0n) is 10.9. The van der Waals surface area contributed by atoms with Crippen LogP contribution in [0, 0.1) is 0 Å². The zero-order valence-corrected chi connectivity index (χ0v) is 11.7. The minimum atomic E-state index is -3.00. The second kappa shape index (κ2) is 4.80. The Labute approximate surface area is 111 Å². The van der Waals surface area contributed by atoms with E-state index in [0.717, 1.165) is 0 Å². The van der Waals surface area contributed by atoms with Gasteiger partial charge in [-0.3, -0.25) is 0 Å². The van der Waals surface area contributed by atoms with E-state index in [4.69, 9.17) is 10.5 Å². The average Bonchev–Trinajstić information content (AvgIpc) is 2.52. The van der Waals surface area contributed by atoms with Crippen LogP contribution >= 0.6 is 0 Å². The third-order valence-electron chi connectivity index (χ3n) is 2.82. The van der Waals surface area contributed by atoms with Gasteiger partial charge in [-0.1, -0.05) is 0 Å². The minimum absolute atomic E-state index is 0.0328. The maximum atomic E-state index is 11.5. The lowest BCUT2D eigenvalue weighted by Crippen LogP contribution is -2.36. The molecule has 0 aliphatic carbocycles. The lowest BCUT2D eigenvalue weighted by Gasteiger charge is -2.23. The monoisotopic (exact) mass is 287 g/mol. The van der Waals surface area contributed by atoms with Gasteiger partial charge < -0.3 is 15.8 Å². The topological polar surface area (TPSA) is 120 Å². The molecule has 0 bridgehead atoms. The molecule has 0 saturated carbocycles. The fourth-order valence-electron chi connectivity index (χ4n) is 2.00. The van der Waals surface area contributed by atoms with Crippen LogP contribution < -0.4 is 15.8 Å². The first kappa shape index (κ1) is 13.8. The summed E-state index contributed by atoms with van der Waals surface area (Å²) in [5, 5.41) is 3.01. The van der Waals surface area contributed by atoms with Crippen molar-refractivity contribution in [2.24, 2.45) is 0 Å². The fraction of sp³-hybridized carbons (Fsp3) is 0.700. The molecule has 1 aromatic rings. The van der Waals surface area contributed by atoms with Crippen molar-refractivity contribution in [3.05, 3.63) is 0 Å². The highest BCUT2D eigenvalue weighted by molar-refractivity contribution is 7.91. The number of sulfone groups is 1. The predicted octanol–water partition coefficient (Wildman–Crippen LogP) is -0.158. The molecule has 1 aromatic heterocycles. The highest BCUT2D eigenvalue weighted by Crippen LogP contribution is 2.26. The summed E-state index contributed by atoms with van der Waals surface area (Å²) in [6.07, 6.45) is 0.505. The molecular weight excluding hydrogens is 270 g/mol. The van der Waals surface area contributed by atoms with E-state index in [1.807, 2.05) is 6.92 Å². The summed E-state index contributed by atoms with van der Waals surface area (Å²) < 4.78 is 28.2. The molecule has 9 heteroatoms. The number of nitrogens with one attached hydrogen (secondary N) is 1. The molecule has 0 radical (unpaired) electrons. The largest absolute Gasteiger partial charge is 0.464 e. The van der Waals surface area contributed by atoms with Crippen LogP contribution in [0.4, 0.5) is 11.9 Å². The summed E-state index contributed by atoms with van der Waals surface area (Å²) in [6.45, 7) is 4.03. The summed E-state index contributed by atoms with van der Waals surface area (Å²) >= 11 is 0. The van der Waals surface area contributed by atoms with E-state index in [2.05, 4.69) is 20.3 Å². The molecule has 8 nitrogen and oxygen atoms in total. The molecule has 1 atom stereocenters. The number of rotatable bonds is 4. The Balaban J connectivity index is 2.19. The minimum Gasteiger partial charge on any atom is -0.464 e. The smallest absolute Gasteiger partial charge is 0.323 e. The number of hydrogen-bond donors (Lipinski definition) is 2. The second-order valence-corrected chi connectivity index (χ2v) is 6.94. The van der Waals surface area contributed by atoms with E-state index in [1.165, 1.54) is 0 Å². The van der Waals surface area contributed by atoms with Crippen LogP contribution in [0.3, 0.4) is 0 Å². The molecule has 3 N–H and O–H groups in total. The van der Waals surface area contributed by atoms with Gasteiger partial charge in [0.25, 0.3) is 0 Å². The van der Waals surface area contributed by atoms with Crippen molar-refractivity contribution in [3.63, 3.8) is 0 Å². The van der Waals surface area contributed by atoms with Crippen molar-refractivity contribution in [1.29, 1.82) is 0 Å². The highest BCUT2D eigenvalue weighted by Gasteiger charge is 2.39. The molecule has 1 saturated heterocycles. The van der Waals surface area contributed by atoms with Crippen LogP contribution in [0.5, 0.6) is 6.01 Å². The Morgan fingerprint density at radius 3 is 2.74 bits per heavy atom. The zero-order chi connectivity index (χ0) is 14.1. The SMILES string of the molecule is CCOc1nc(N)nc(NC2(C)CCS(=O)(=O)C2)n1.